The quantitative estimate of drug-likeness (QED) is 0.366. The Morgan fingerprint density at radius 2 is 1.65 bits per heavy atom. The summed E-state index contributed by atoms with van der Waals surface area (Å²) >= 11 is 6.07. The van der Waals surface area contributed by atoms with Crippen LogP contribution in [0.2, 0.25) is 5.02 Å². The topological polar surface area (TPSA) is 105 Å². The predicted molar refractivity (Wildman–Crippen MR) is 132 cm³/mol. The van der Waals surface area contributed by atoms with Crippen LogP contribution in [0.3, 0.4) is 0 Å². The van der Waals surface area contributed by atoms with Crippen LogP contribution in [0.25, 0.3) is 0 Å². The van der Waals surface area contributed by atoms with Gasteiger partial charge in [-0.1, -0.05) is 41.9 Å². The van der Waals surface area contributed by atoms with Gasteiger partial charge >= 0.3 is 0 Å². The minimum absolute atomic E-state index is 0.0489. The van der Waals surface area contributed by atoms with Gasteiger partial charge in [0.2, 0.25) is 0 Å². The molecule has 174 valence electrons. The summed E-state index contributed by atoms with van der Waals surface area (Å²) < 4.78 is 0. The van der Waals surface area contributed by atoms with Crippen molar-refractivity contribution in [2.75, 3.05) is 23.3 Å². The van der Waals surface area contributed by atoms with Crippen molar-refractivity contribution < 1.29 is 14.5 Å². The first-order chi connectivity index (χ1) is 16.4. The van der Waals surface area contributed by atoms with E-state index in [0.29, 0.717) is 17.8 Å². The Balaban J connectivity index is 1.48. The highest BCUT2D eigenvalue weighted by molar-refractivity contribution is 6.34. The second kappa shape index (κ2) is 10.4. The summed E-state index contributed by atoms with van der Waals surface area (Å²) in [5.74, 6) is -0.901. The van der Waals surface area contributed by atoms with Crippen molar-refractivity contribution in [3.8, 4) is 0 Å². The molecule has 3 aromatic rings. The van der Waals surface area contributed by atoms with E-state index in [-0.39, 0.29) is 22.2 Å². The molecular formula is C25H23ClN4O4. The first-order valence-corrected chi connectivity index (χ1v) is 11.3. The molecule has 8 nitrogen and oxygen atoms in total. The van der Waals surface area contributed by atoms with Gasteiger partial charge in [-0.2, -0.15) is 0 Å². The average Bonchev–Trinajstić information content (AvgIpc) is 3.37. The largest absolute Gasteiger partial charge is 0.371 e. The van der Waals surface area contributed by atoms with Crippen LogP contribution in [-0.2, 0) is 6.54 Å². The molecule has 0 spiro atoms. The lowest BCUT2D eigenvalue weighted by Gasteiger charge is -2.21. The van der Waals surface area contributed by atoms with Crippen molar-refractivity contribution in [2.24, 2.45) is 0 Å². The Morgan fingerprint density at radius 3 is 2.38 bits per heavy atom. The van der Waals surface area contributed by atoms with E-state index in [2.05, 4.69) is 21.6 Å². The summed E-state index contributed by atoms with van der Waals surface area (Å²) in [6, 6.07) is 18.3. The SMILES string of the molecule is O=C(Nc1ccccc1C(=O)NCc1ccccc1N1CCCC1)c1ccc([N+](=O)[O-])cc1Cl. The number of halogens is 1. The molecule has 4 rings (SSSR count). The third-order valence-electron chi connectivity index (χ3n) is 5.71. The van der Waals surface area contributed by atoms with E-state index >= 15 is 0 Å². The summed E-state index contributed by atoms with van der Waals surface area (Å²) in [6.07, 6.45) is 2.32. The van der Waals surface area contributed by atoms with Gasteiger partial charge in [0.25, 0.3) is 17.5 Å². The number of nitro groups is 1. The van der Waals surface area contributed by atoms with Crippen LogP contribution < -0.4 is 15.5 Å². The summed E-state index contributed by atoms with van der Waals surface area (Å²) in [5, 5.41) is 16.5. The first-order valence-electron chi connectivity index (χ1n) is 10.9. The molecule has 9 heteroatoms. The maximum Gasteiger partial charge on any atom is 0.270 e. The molecule has 0 unspecified atom stereocenters. The number of carbonyl (C=O) groups excluding carboxylic acids is 2. The maximum absolute atomic E-state index is 13.0. The van der Waals surface area contributed by atoms with Crippen LogP contribution >= 0.6 is 11.6 Å². The van der Waals surface area contributed by atoms with Crippen molar-refractivity contribution in [2.45, 2.75) is 19.4 Å². The van der Waals surface area contributed by atoms with Gasteiger partial charge in [-0.15, -0.1) is 0 Å². The number of anilines is 2. The Labute approximate surface area is 201 Å². The molecule has 1 aliphatic rings. The van der Waals surface area contributed by atoms with Crippen molar-refractivity contribution in [1.29, 1.82) is 0 Å². The molecule has 2 amide bonds. The second-order valence-electron chi connectivity index (χ2n) is 7.93. The molecule has 0 atom stereocenters. The van der Waals surface area contributed by atoms with Gasteiger partial charge in [0.05, 0.1) is 26.8 Å². The van der Waals surface area contributed by atoms with Gasteiger partial charge in [0, 0.05) is 37.5 Å². The number of hydrogen-bond acceptors (Lipinski definition) is 5. The fourth-order valence-corrected chi connectivity index (χ4v) is 4.24. The van der Waals surface area contributed by atoms with Crippen molar-refractivity contribution in [3.63, 3.8) is 0 Å². The number of benzene rings is 3. The predicted octanol–water partition coefficient (Wildman–Crippen LogP) is 5.03. The van der Waals surface area contributed by atoms with E-state index in [9.17, 15) is 19.7 Å². The zero-order chi connectivity index (χ0) is 24.1. The molecule has 1 fully saturated rings. The summed E-state index contributed by atoms with van der Waals surface area (Å²) in [5.41, 5.74) is 2.61. The maximum atomic E-state index is 13.0. The van der Waals surface area contributed by atoms with E-state index < -0.39 is 10.8 Å². The molecule has 0 aliphatic carbocycles. The minimum atomic E-state index is -0.588. The van der Waals surface area contributed by atoms with Gasteiger partial charge in [-0.3, -0.25) is 19.7 Å². The lowest BCUT2D eigenvalue weighted by molar-refractivity contribution is -0.384. The van der Waals surface area contributed by atoms with Gasteiger partial charge in [0.15, 0.2) is 0 Å². The average molecular weight is 479 g/mol. The number of amides is 2. The lowest BCUT2D eigenvalue weighted by atomic mass is 10.1. The fourth-order valence-electron chi connectivity index (χ4n) is 3.98. The van der Waals surface area contributed by atoms with E-state index in [1.807, 2.05) is 18.2 Å². The van der Waals surface area contributed by atoms with Crippen LogP contribution in [-0.4, -0.2) is 29.8 Å². The van der Waals surface area contributed by atoms with Gasteiger partial charge in [-0.05, 0) is 42.7 Å². The highest BCUT2D eigenvalue weighted by Gasteiger charge is 2.19. The summed E-state index contributed by atoms with van der Waals surface area (Å²) in [7, 11) is 0. The highest BCUT2D eigenvalue weighted by atomic mass is 35.5. The van der Waals surface area contributed by atoms with Crippen molar-refractivity contribution in [1.82, 2.24) is 5.32 Å². The number of nitrogens with zero attached hydrogens (tertiary/aromatic N) is 2. The monoisotopic (exact) mass is 478 g/mol. The van der Waals surface area contributed by atoms with E-state index in [1.54, 1.807) is 24.3 Å². The third-order valence-corrected chi connectivity index (χ3v) is 6.02. The lowest BCUT2D eigenvalue weighted by Crippen LogP contribution is -2.26. The molecule has 0 radical (unpaired) electrons. The molecular weight excluding hydrogens is 456 g/mol. The standard InChI is InChI=1S/C25H23ClN4O4/c26-21-15-18(30(33)34)11-12-19(21)25(32)28-22-9-3-2-8-20(22)24(31)27-16-17-7-1-4-10-23(17)29-13-5-6-14-29/h1-4,7-12,15H,5-6,13-14,16H2,(H,27,31)(H,28,32). The normalized spacial score (nSPS) is 12.9. The summed E-state index contributed by atoms with van der Waals surface area (Å²) in [6.45, 7) is 2.36. The van der Waals surface area contributed by atoms with Gasteiger partial charge < -0.3 is 15.5 Å². The molecule has 0 aromatic heterocycles. The zero-order valence-electron chi connectivity index (χ0n) is 18.3. The molecule has 0 bridgehead atoms. The molecule has 1 aliphatic heterocycles. The number of nitrogens with one attached hydrogen (secondary N) is 2. The molecule has 1 saturated heterocycles. The molecule has 0 saturated carbocycles. The number of non-ortho nitro benzene ring substituents is 1. The molecule has 3 aromatic carbocycles. The number of rotatable bonds is 7. The number of carbonyl (C=O) groups is 2. The molecule has 1 heterocycles. The highest BCUT2D eigenvalue weighted by Crippen LogP contribution is 2.26. The Hall–Kier alpha value is -3.91. The van der Waals surface area contributed by atoms with E-state index in [1.165, 1.54) is 12.1 Å². The number of para-hydroxylation sites is 2. The third kappa shape index (κ3) is 5.18. The van der Waals surface area contributed by atoms with Crippen LogP contribution in [0.1, 0.15) is 39.1 Å². The Kier molecular flexibility index (Phi) is 7.08. The number of hydrogen-bond donors (Lipinski definition) is 2. The van der Waals surface area contributed by atoms with Crippen LogP contribution in [0, 0.1) is 10.1 Å². The van der Waals surface area contributed by atoms with E-state index in [4.69, 9.17) is 11.6 Å². The van der Waals surface area contributed by atoms with Gasteiger partial charge in [-0.25, -0.2) is 0 Å². The van der Waals surface area contributed by atoms with Crippen LogP contribution in [0.5, 0.6) is 0 Å². The van der Waals surface area contributed by atoms with Crippen molar-refractivity contribution in [3.05, 3.63) is 98.6 Å². The smallest absolute Gasteiger partial charge is 0.270 e. The van der Waals surface area contributed by atoms with Gasteiger partial charge in [0.1, 0.15) is 0 Å². The fraction of sp³-hybridized carbons (Fsp3) is 0.200. The van der Waals surface area contributed by atoms with Crippen molar-refractivity contribution >= 4 is 40.5 Å². The Bertz CT molecular complexity index is 1240. The van der Waals surface area contributed by atoms with E-state index in [0.717, 1.165) is 43.2 Å². The minimum Gasteiger partial charge on any atom is -0.371 e. The number of nitro benzene ring substituents is 1. The Morgan fingerprint density at radius 1 is 0.941 bits per heavy atom. The molecule has 34 heavy (non-hydrogen) atoms. The zero-order valence-corrected chi connectivity index (χ0v) is 19.0. The van der Waals surface area contributed by atoms with Crippen LogP contribution in [0.15, 0.2) is 66.7 Å². The van der Waals surface area contributed by atoms with Crippen LogP contribution in [0.4, 0.5) is 17.1 Å². The first kappa shape index (κ1) is 23.3. The second-order valence-corrected chi connectivity index (χ2v) is 8.33. The summed E-state index contributed by atoms with van der Waals surface area (Å²) in [4.78, 5) is 38.4. The molecule has 2 N–H and O–H groups in total.